The van der Waals surface area contributed by atoms with E-state index in [0.717, 1.165) is 36.7 Å². The third-order valence-electron chi connectivity index (χ3n) is 2.93. The molecule has 0 amide bonds. The molecule has 0 unspecified atom stereocenters. The highest BCUT2D eigenvalue weighted by Crippen LogP contribution is 2.23. The summed E-state index contributed by atoms with van der Waals surface area (Å²) in [6, 6.07) is 0. The fourth-order valence-electron chi connectivity index (χ4n) is 2.03. The van der Waals surface area contributed by atoms with E-state index < -0.39 is 0 Å². The van der Waals surface area contributed by atoms with Crippen molar-refractivity contribution in [2.24, 2.45) is 0 Å². The van der Waals surface area contributed by atoms with E-state index in [1.807, 2.05) is 27.7 Å². The van der Waals surface area contributed by atoms with Crippen LogP contribution in [0.15, 0.2) is 6.20 Å². The normalized spacial score (nSPS) is 13.7. The Balaban J connectivity index is 0.000000461. The summed E-state index contributed by atoms with van der Waals surface area (Å²) in [4.78, 5) is 10.1. The Bertz CT molecular complexity index is 513. The average molecular weight is 278 g/mol. The molecule has 0 saturated carbocycles. The van der Waals surface area contributed by atoms with Gasteiger partial charge in [0.2, 0.25) is 0 Å². The van der Waals surface area contributed by atoms with E-state index in [0.29, 0.717) is 5.69 Å². The second-order valence-electron chi connectivity index (χ2n) is 4.20. The first-order valence-electron chi connectivity index (χ1n) is 7.29. The van der Waals surface area contributed by atoms with Crippen molar-refractivity contribution >= 4 is 5.69 Å². The Morgan fingerprint density at radius 1 is 1.25 bits per heavy atom. The number of anilines is 1. The van der Waals surface area contributed by atoms with Gasteiger partial charge in [-0.3, -0.25) is 5.10 Å². The van der Waals surface area contributed by atoms with Gasteiger partial charge in [0.1, 0.15) is 5.69 Å². The molecule has 2 aromatic rings. The lowest BCUT2D eigenvalue weighted by Gasteiger charge is -2.20. The highest BCUT2D eigenvalue weighted by atomic mass is 15.2. The van der Waals surface area contributed by atoms with Crippen LogP contribution in [0.25, 0.3) is 11.5 Å². The number of hydrogen-bond acceptors (Lipinski definition) is 4. The molecule has 6 heteroatoms. The van der Waals surface area contributed by atoms with Crippen LogP contribution < -0.4 is 5.73 Å². The fourth-order valence-corrected chi connectivity index (χ4v) is 2.03. The second kappa shape index (κ2) is 7.69. The summed E-state index contributed by atoms with van der Waals surface area (Å²) in [7, 11) is 2.11. The molecule has 1 aliphatic rings. The number of likely N-dealkylation sites (N-methyl/N-ethyl adjacent to an activating group) is 1. The lowest BCUT2D eigenvalue weighted by atomic mass is 10.2. The number of imidazole rings is 1. The molecule has 3 rings (SSSR count). The second-order valence-corrected chi connectivity index (χ2v) is 4.20. The molecule has 1 aliphatic heterocycles. The molecule has 112 valence electrons. The lowest BCUT2D eigenvalue weighted by Crippen LogP contribution is -2.26. The number of nitrogens with zero attached hydrogens (tertiary/aromatic N) is 3. The Kier molecular flexibility index (Phi) is 6.24. The monoisotopic (exact) mass is 278 g/mol. The van der Waals surface area contributed by atoms with Gasteiger partial charge in [0.25, 0.3) is 0 Å². The zero-order valence-electron chi connectivity index (χ0n) is 13.1. The minimum atomic E-state index is 0.624. The Morgan fingerprint density at radius 2 is 1.95 bits per heavy atom. The maximum absolute atomic E-state index is 5.79. The van der Waals surface area contributed by atoms with Gasteiger partial charge >= 0.3 is 0 Å². The molecular weight excluding hydrogens is 252 g/mol. The number of H-pyrrole nitrogens is 2. The molecular formula is C14H26N6. The summed E-state index contributed by atoms with van der Waals surface area (Å²) in [5.74, 6) is 0.787. The predicted octanol–water partition coefficient (Wildman–Crippen LogP) is 2.42. The van der Waals surface area contributed by atoms with Gasteiger partial charge in [0, 0.05) is 19.5 Å². The summed E-state index contributed by atoms with van der Waals surface area (Å²) in [5.41, 5.74) is 9.51. The van der Waals surface area contributed by atoms with Gasteiger partial charge in [-0.2, -0.15) is 5.10 Å². The average Bonchev–Trinajstić information content (AvgIpc) is 3.08. The molecule has 0 fully saturated rings. The van der Waals surface area contributed by atoms with Gasteiger partial charge in [-0.25, -0.2) is 4.98 Å². The molecule has 4 N–H and O–H groups in total. The minimum Gasteiger partial charge on any atom is -0.396 e. The van der Waals surface area contributed by atoms with E-state index in [4.69, 9.17) is 5.73 Å². The number of aromatic nitrogens is 4. The third-order valence-corrected chi connectivity index (χ3v) is 2.93. The van der Waals surface area contributed by atoms with E-state index in [-0.39, 0.29) is 0 Å². The summed E-state index contributed by atoms with van der Waals surface area (Å²) in [6.07, 6.45) is 2.58. The van der Waals surface area contributed by atoms with Crippen molar-refractivity contribution in [3.05, 3.63) is 17.6 Å². The van der Waals surface area contributed by atoms with Crippen molar-refractivity contribution in [1.82, 2.24) is 25.1 Å². The van der Waals surface area contributed by atoms with Crippen LogP contribution in [-0.2, 0) is 13.0 Å². The Morgan fingerprint density at radius 3 is 2.55 bits per heavy atom. The molecule has 3 heterocycles. The molecule has 20 heavy (non-hydrogen) atoms. The summed E-state index contributed by atoms with van der Waals surface area (Å²) in [6.45, 7) is 9.96. The van der Waals surface area contributed by atoms with Crippen molar-refractivity contribution in [2.45, 2.75) is 40.7 Å². The zero-order valence-corrected chi connectivity index (χ0v) is 13.1. The molecule has 0 aromatic carbocycles. The molecule has 0 aliphatic carbocycles. The molecule has 6 nitrogen and oxygen atoms in total. The number of nitrogens with two attached hydrogens (primary N) is 1. The number of hydrogen-bond donors (Lipinski definition) is 3. The quantitative estimate of drug-likeness (QED) is 0.747. The SMILES string of the molecule is CC.CC.CN1CCc2nc(-c3[nH]ncc3N)[nH]c2C1. The molecule has 0 spiro atoms. The number of fused-ring (bicyclic) bond motifs is 1. The van der Waals surface area contributed by atoms with Crippen LogP contribution in [0, 0.1) is 0 Å². The smallest absolute Gasteiger partial charge is 0.158 e. The summed E-state index contributed by atoms with van der Waals surface area (Å²) >= 11 is 0. The van der Waals surface area contributed by atoms with Crippen molar-refractivity contribution < 1.29 is 0 Å². The van der Waals surface area contributed by atoms with Gasteiger partial charge in [0.15, 0.2) is 5.82 Å². The van der Waals surface area contributed by atoms with E-state index in [1.54, 1.807) is 6.20 Å². The number of aromatic amines is 2. The van der Waals surface area contributed by atoms with Crippen LogP contribution in [0.3, 0.4) is 0 Å². The van der Waals surface area contributed by atoms with Gasteiger partial charge < -0.3 is 15.6 Å². The highest BCUT2D eigenvalue weighted by molar-refractivity contribution is 5.66. The van der Waals surface area contributed by atoms with Crippen LogP contribution in [0.1, 0.15) is 39.1 Å². The van der Waals surface area contributed by atoms with Crippen LogP contribution in [0.5, 0.6) is 0 Å². The van der Waals surface area contributed by atoms with Crippen molar-refractivity contribution in [1.29, 1.82) is 0 Å². The number of rotatable bonds is 1. The zero-order chi connectivity index (χ0) is 15.1. The third kappa shape index (κ3) is 3.39. The van der Waals surface area contributed by atoms with Gasteiger partial charge in [-0.1, -0.05) is 27.7 Å². The molecule has 0 saturated heterocycles. The standard InChI is InChI=1S/C10H14N6.2C2H6/c1-16-3-2-7-8(5-16)14-10(13-7)9-6(11)4-12-15-9;2*1-2/h4H,2-3,5,11H2,1H3,(H,12,15)(H,13,14);2*1-2H3. The van der Waals surface area contributed by atoms with Gasteiger partial charge in [0.05, 0.1) is 23.3 Å². The summed E-state index contributed by atoms with van der Waals surface area (Å²) < 4.78 is 0. The minimum absolute atomic E-state index is 0.624. The summed E-state index contributed by atoms with van der Waals surface area (Å²) in [5, 5.41) is 6.76. The van der Waals surface area contributed by atoms with Crippen LogP contribution >= 0.6 is 0 Å². The van der Waals surface area contributed by atoms with Crippen molar-refractivity contribution in [3.63, 3.8) is 0 Å². The predicted molar refractivity (Wildman–Crippen MR) is 83.3 cm³/mol. The molecule has 0 radical (unpaired) electrons. The van der Waals surface area contributed by atoms with Crippen molar-refractivity contribution in [2.75, 3.05) is 19.3 Å². The van der Waals surface area contributed by atoms with E-state index in [9.17, 15) is 0 Å². The first-order valence-corrected chi connectivity index (χ1v) is 7.29. The first-order chi connectivity index (χ1) is 9.74. The Hall–Kier alpha value is -1.82. The fraction of sp³-hybridized carbons (Fsp3) is 0.571. The lowest BCUT2D eigenvalue weighted by molar-refractivity contribution is 0.307. The Labute approximate surface area is 120 Å². The van der Waals surface area contributed by atoms with Crippen molar-refractivity contribution in [3.8, 4) is 11.5 Å². The number of nitrogens with one attached hydrogen (secondary N) is 2. The van der Waals surface area contributed by atoms with Gasteiger partial charge in [-0.05, 0) is 7.05 Å². The topological polar surface area (TPSA) is 86.6 Å². The van der Waals surface area contributed by atoms with E-state index >= 15 is 0 Å². The molecule has 0 atom stereocenters. The van der Waals surface area contributed by atoms with E-state index in [1.165, 1.54) is 5.69 Å². The highest BCUT2D eigenvalue weighted by Gasteiger charge is 2.19. The number of nitrogen functional groups attached to an aromatic ring is 1. The van der Waals surface area contributed by atoms with Crippen LogP contribution in [0.2, 0.25) is 0 Å². The van der Waals surface area contributed by atoms with Gasteiger partial charge in [-0.15, -0.1) is 0 Å². The van der Waals surface area contributed by atoms with Crippen LogP contribution in [0.4, 0.5) is 5.69 Å². The maximum Gasteiger partial charge on any atom is 0.158 e. The van der Waals surface area contributed by atoms with Crippen LogP contribution in [-0.4, -0.2) is 38.7 Å². The van der Waals surface area contributed by atoms with E-state index in [2.05, 4.69) is 32.1 Å². The first kappa shape index (κ1) is 16.2. The molecule has 2 aromatic heterocycles. The largest absolute Gasteiger partial charge is 0.396 e. The maximum atomic E-state index is 5.79. The molecule has 0 bridgehead atoms.